The van der Waals surface area contributed by atoms with Crippen LogP contribution in [0.25, 0.3) is 0 Å². The van der Waals surface area contributed by atoms with Gasteiger partial charge in [0, 0.05) is 17.2 Å². The van der Waals surface area contributed by atoms with Crippen LogP contribution in [-0.2, 0) is 4.79 Å². The van der Waals surface area contributed by atoms with Crippen LogP contribution in [0.2, 0.25) is 0 Å². The Bertz CT molecular complexity index is 460. The number of rotatable bonds is 0. The van der Waals surface area contributed by atoms with E-state index in [2.05, 4.69) is 13.8 Å². The normalized spacial score (nSPS) is 56.5. The first kappa shape index (κ1) is 14.5. The van der Waals surface area contributed by atoms with Gasteiger partial charge in [-0.15, -0.1) is 11.6 Å². The molecule has 0 unspecified atom stereocenters. The van der Waals surface area contributed by atoms with E-state index in [1.807, 2.05) is 0 Å². The molecule has 118 valence electrons. The number of fused-ring (bicyclic) bond motifs is 5. The van der Waals surface area contributed by atoms with Crippen LogP contribution in [0, 0.1) is 34.5 Å². The molecule has 0 saturated heterocycles. The molecule has 4 aliphatic carbocycles. The van der Waals surface area contributed by atoms with Gasteiger partial charge in [0.25, 0.3) is 0 Å². The Hall–Kier alpha value is -0.0400. The molecule has 0 bridgehead atoms. The largest absolute Gasteiger partial charge is 0.299 e. The van der Waals surface area contributed by atoms with Crippen LogP contribution in [-0.4, -0.2) is 11.2 Å². The van der Waals surface area contributed by atoms with E-state index in [4.69, 9.17) is 11.6 Å². The average molecular weight is 309 g/mol. The minimum atomic E-state index is 0.0358. The van der Waals surface area contributed by atoms with Crippen LogP contribution in [0.3, 0.4) is 0 Å². The lowest BCUT2D eigenvalue weighted by Gasteiger charge is -2.60. The summed E-state index contributed by atoms with van der Waals surface area (Å²) in [5.74, 6) is 3.79. The Morgan fingerprint density at radius 3 is 2.62 bits per heavy atom. The van der Waals surface area contributed by atoms with Crippen LogP contribution < -0.4 is 0 Å². The molecule has 0 aromatic rings. The third-order valence-electron chi connectivity index (χ3n) is 8.31. The highest BCUT2D eigenvalue weighted by Gasteiger charge is 2.60. The van der Waals surface area contributed by atoms with E-state index in [1.54, 1.807) is 0 Å². The smallest absolute Gasteiger partial charge is 0.139 e. The lowest BCUT2D eigenvalue weighted by Crippen LogP contribution is -2.53. The van der Waals surface area contributed by atoms with Crippen LogP contribution in [0.1, 0.15) is 71.6 Å². The van der Waals surface area contributed by atoms with Crippen molar-refractivity contribution in [1.29, 1.82) is 0 Å². The third kappa shape index (κ3) is 1.92. The molecule has 2 heteroatoms. The number of alkyl halides is 1. The SMILES string of the molecule is C[C@@]12CC[C@H](Cl)C[C@H]1CC[C@H]1[C@H]2CC[C@]2(C)C(=O)CC[C@H]12. The second-order valence-electron chi connectivity index (χ2n) is 8.95. The van der Waals surface area contributed by atoms with E-state index >= 15 is 0 Å². The number of carbonyl (C=O) groups excluding carboxylic acids is 1. The fraction of sp³-hybridized carbons (Fsp3) is 0.947. The molecule has 4 aliphatic rings. The van der Waals surface area contributed by atoms with Crippen molar-refractivity contribution in [2.45, 2.75) is 77.0 Å². The van der Waals surface area contributed by atoms with Crippen LogP contribution in [0.5, 0.6) is 0 Å². The topological polar surface area (TPSA) is 17.1 Å². The minimum Gasteiger partial charge on any atom is -0.299 e. The maximum Gasteiger partial charge on any atom is 0.139 e. The van der Waals surface area contributed by atoms with Crippen molar-refractivity contribution in [1.82, 2.24) is 0 Å². The van der Waals surface area contributed by atoms with Gasteiger partial charge in [-0.3, -0.25) is 4.79 Å². The highest BCUT2D eigenvalue weighted by atomic mass is 35.5. The van der Waals surface area contributed by atoms with Crippen LogP contribution in [0.15, 0.2) is 0 Å². The summed E-state index contributed by atoms with van der Waals surface area (Å²) < 4.78 is 0. The standard InChI is InChI=1S/C19H29ClO/c1-18-9-7-13(20)11-12(18)3-4-14-15-5-6-17(21)19(15,2)10-8-16(14)18/h12-16H,3-11H2,1-2H3/t12-,13+,14-,15-,16-,18-,19+/m1/s1. The Morgan fingerprint density at radius 1 is 1.00 bits per heavy atom. The summed E-state index contributed by atoms with van der Waals surface area (Å²) >= 11 is 6.46. The molecule has 4 saturated carbocycles. The van der Waals surface area contributed by atoms with Crippen molar-refractivity contribution in [3.8, 4) is 0 Å². The highest BCUT2D eigenvalue weighted by molar-refractivity contribution is 6.20. The Kier molecular flexibility index (Phi) is 3.27. The van der Waals surface area contributed by atoms with Crippen LogP contribution in [0.4, 0.5) is 0 Å². The number of hydrogen-bond donors (Lipinski definition) is 0. The van der Waals surface area contributed by atoms with Gasteiger partial charge in [0.05, 0.1) is 0 Å². The van der Waals surface area contributed by atoms with Crippen molar-refractivity contribution in [2.75, 3.05) is 0 Å². The van der Waals surface area contributed by atoms with Gasteiger partial charge in [-0.2, -0.15) is 0 Å². The van der Waals surface area contributed by atoms with E-state index < -0.39 is 0 Å². The molecule has 0 heterocycles. The lowest BCUT2D eigenvalue weighted by atomic mass is 9.45. The summed E-state index contributed by atoms with van der Waals surface area (Å²) in [6, 6.07) is 0. The number of Topliss-reactive ketones (excluding diaryl/α,β-unsaturated/α-hetero) is 1. The molecule has 7 atom stereocenters. The van der Waals surface area contributed by atoms with E-state index in [1.165, 1.54) is 44.9 Å². The summed E-state index contributed by atoms with van der Waals surface area (Å²) in [6.07, 6.45) is 11.0. The first-order chi connectivity index (χ1) is 9.95. The first-order valence-electron chi connectivity index (χ1n) is 9.12. The molecule has 4 fully saturated rings. The van der Waals surface area contributed by atoms with Gasteiger partial charge < -0.3 is 0 Å². The summed E-state index contributed by atoms with van der Waals surface area (Å²) in [5.41, 5.74) is 0.551. The predicted molar refractivity (Wildman–Crippen MR) is 86.4 cm³/mol. The summed E-state index contributed by atoms with van der Waals surface area (Å²) in [7, 11) is 0. The molecular formula is C19H29ClO. The molecule has 4 rings (SSSR count). The molecule has 0 aromatic carbocycles. The van der Waals surface area contributed by atoms with Crippen molar-refractivity contribution in [3.05, 3.63) is 0 Å². The van der Waals surface area contributed by atoms with Gasteiger partial charge >= 0.3 is 0 Å². The molecule has 0 radical (unpaired) electrons. The average Bonchev–Trinajstić information content (AvgIpc) is 2.76. The summed E-state index contributed by atoms with van der Waals surface area (Å²) in [5, 5.41) is 0.418. The zero-order valence-corrected chi connectivity index (χ0v) is 14.3. The number of ketones is 1. The van der Waals surface area contributed by atoms with Gasteiger partial charge in [0.15, 0.2) is 0 Å². The Labute approximate surface area is 134 Å². The Balaban J connectivity index is 1.64. The predicted octanol–water partition coefficient (Wildman–Crippen LogP) is 5.21. The number of halogens is 1. The van der Waals surface area contributed by atoms with Gasteiger partial charge in [-0.1, -0.05) is 13.8 Å². The Morgan fingerprint density at radius 2 is 1.81 bits per heavy atom. The van der Waals surface area contributed by atoms with Crippen molar-refractivity contribution < 1.29 is 4.79 Å². The van der Waals surface area contributed by atoms with Crippen LogP contribution >= 0.6 is 11.6 Å². The molecule has 0 aromatic heterocycles. The summed E-state index contributed by atoms with van der Waals surface area (Å²) in [4.78, 5) is 12.4. The van der Waals surface area contributed by atoms with Gasteiger partial charge in [0.2, 0.25) is 0 Å². The monoisotopic (exact) mass is 308 g/mol. The maximum absolute atomic E-state index is 12.4. The first-order valence-corrected chi connectivity index (χ1v) is 9.56. The lowest BCUT2D eigenvalue weighted by molar-refractivity contribution is -0.138. The van der Waals surface area contributed by atoms with E-state index in [0.29, 0.717) is 22.5 Å². The molecular weight excluding hydrogens is 280 g/mol. The molecule has 0 N–H and O–H groups in total. The van der Waals surface area contributed by atoms with E-state index in [-0.39, 0.29) is 5.41 Å². The number of carbonyl (C=O) groups is 1. The zero-order chi connectivity index (χ0) is 14.8. The van der Waals surface area contributed by atoms with Crippen molar-refractivity contribution in [2.24, 2.45) is 34.5 Å². The second kappa shape index (κ2) is 4.73. The van der Waals surface area contributed by atoms with Gasteiger partial charge in [0.1, 0.15) is 5.78 Å². The highest BCUT2D eigenvalue weighted by Crippen LogP contribution is 2.65. The molecule has 0 aliphatic heterocycles. The molecule has 21 heavy (non-hydrogen) atoms. The molecule has 0 amide bonds. The third-order valence-corrected chi connectivity index (χ3v) is 8.71. The second-order valence-corrected chi connectivity index (χ2v) is 9.56. The zero-order valence-electron chi connectivity index (χ0n) is 13.5. The van der Waals surface area contributed by atoms with Crippen molar-refractivity contribution >= 4 is 17.4 Å². The van der Waals surface area contributed by atoms with E-state index in [0.717, 1.165) is 30.6 Å². The van der Waals surface area contributed by atoms with Gasteiger partial charge in [-0.05, 0) is 80.5 Å². The molecule has 1 nitrogen and oxygen atoms in total. The minimum absolute atomic E-state index is 0.0358. The summed E-state index contributed by atoms with van der Waals surface area (Å²) in [6.45, 7) is 4.85. The van der Waals surface area contributed by atoms with Crippen molar-refractivity contribution in [3.63, 3.8) is 0 Å². The van der Waals surface area contributed by atoms with E-state index in [9.17, 15) is 4.79 Å². The maximum atomic E-state index is 12.4. The quantitative estimate of drug-likeness (QED) is 0.562. The molecule has 0 spiro atoms. The van der Waals surface area contributed by atoms with Gasteiger partial charge in [-0.25, -0.2) is 0 Å². The fourth-order valence-corrected chi connectivity index (χ4v) is 7.30. The fourth-order valence-electron chi connectivity index (χ4n) is 6.98. The number of hydrogen-bond acceptors (Lipinski definition) is 1.